The number of thiophene rings is 1. The van der Waals surface area contributed by atoms with Gasteiger partial charge in [0, 0.05) is 12.1 Å². The van der Waals surface area contributed by atoms with Crippen LogP contribution in [0.15, 0.2) is 28.6 Å². The summed E-state index contributed by atoms with van der Waals surface area (Å²) < 4.78 is 34.1. The number of ether oxygens (including phenoxy) is 1. The molecule has 0 atom stereocenters. The number of nitrogens with zero attached hydrogens (tertiary/aromatic N) is 2. The highest BCUT2D eigenvalue weighted by Gasteiger charge is 2.32. The summed E-state index contributed by atoms with van der Waals surface area (Å²) in [6, 6.07) is 3.26. The van der Waals surface area contributed by atoms with Crippen molar-refractivity contribution in [1.29, 1.82) is 0 Å². The highest BCUT2D eigenvalue weighted by Crippen LogP contribution is 2.31. The predicted molar refractivity (Wildman–Crippen MR) is 106 cm³/mol. The Morgan fingerprint density at radius 1 is 1.21 bits per heavy atom. The summed E-state index contributed by atoms with van der Waals surface area (Å²) in [5.41, 5.74) is 0. The zero-order valence-corrected chi connectivity index (χ0v) is 17.3. The van der Waals surface area contributed by atoms with E-state index in [0.717, 1.165) is 49.9 Å². The molecular formula is C18H22N4O5S2. The fraction of sp³-hybridized carbons (Fsp3) is 0.500. The van der Waals surface area contributed by atoms with Crippen molar-refractivity contribution in [2.75, 3.05) is 11.9 Å². The summed E-state index contributed by atoms with van der Waals surface area (Å²) in [6.45, 7) is -0.512. The topological polar surface area (TPSA) is 119 Å². The molecule has 0 radical (unpaired) electrons. The average Bonchev–Trinajstić information content (AvgIpc) is 3.16. The Hall–Kier alpha value is -2.24. The van der Waals surface area contributed by atoms with E-state index in [1.807, 2.05) is 0 Å². The molecule has 0 saturated heterocycles. The lowest BCUT2D eigenvalue weighted by atomic mass is 10.2. The van der Waals surface area contributed by atoms with Gasteiger partial charge in [0.1, 0.15) is 15.6 Å². The molecule has 2 aliphatic carbocycles. The number of nitrogens with one attached hydrogen (secondary N) is 2. The second-order valence-electron chi connectivity index (χ2n) is 7.23. The van der Waals surface area contributed by atoms with Crippen LogP contribution in [0, 0.1) is 0 Å². The zero-order valence-electron chi connectivity index (χ0n) is 15.7. The van der Waals surface area contributed by atoms with Gasteiger partial charge in [-0.05, 0) is 37.1 Å². The van der Waals surface area contributed by atoms with E-state index in [-0.39, 0.29) is 21.9 Å². The van der Waals surface area contributed by atoms with E-state index in [9.17, 15) is 18.0 Å². The van der Waals surface area contributed by atoms with E-state index in [2.05, 4.69) is 15.1 Å². The first-order chi connectivity index (χ1) is 13.9. The Morgan fingerprint density at radius 2 is 1.97 bits per heavy atom. The van der Waals surface area contributed by atoms with Crippen LogP contribution in [-0.2, 0) is 19.6 Å². The Morgan fingerprint density at radius 3 is 2.69 bits per heavy atom. The Bertz CT molecular complexity index is 1000. The molecule has 2 heterocycles. The molecule has 0 unspecified atom stereocenters. The third kappa shape index (κ3) is 4.68. The standard InChI is InChI=1S/C18H22N4O5S2/c23-16(20-15-7-9-19-22(15)13-3-1-2-4-13)11-27-18(24)17-14(8-10-28-17)29(25,26)21-12-5-6-12/h7-10,12-13,21H,1-6,11H2,(H,20,23). The molecule has 0 spiro atoms. The van der Waals surface area contributed by atoms with Crippen LogP contribution < -0.4 is 10.0 Å². The van der Waals surface area contributed by atoms with Crippen molar-refractivity contribution >= 4 is 39.1 Å². The number of sulfonamides is 1. The van der Waals surface area contributed by atoms with Gasteiger partial charge in [-0.1, -0.05) is 12.8 Å². The number of esters is 1. The smallest absolute Gasteiger partial charge is 0.350 e. The van der Waals surface area contributed by atoms with E-state index < -0.39 is 28.5 Å². The van der Waals surface area contributed by atoms with Gasteiger partial charge in [0.25, 0.3) is 5.91 Å². The van der Waals surface area contributed by atoms with E-state index >= 15 is 0 Å². The van der Waals surface area contributed by atoms with Crippen molar-refractivity contribution < 1.29 is 22.7 Å². The molecule has 4 rings (SSSR count). The minimum absolute atomic E-state index is 0.0399. The molecule has 1 amide bonds. The number of aromatic nitrogens is 2. The van der Waals surface area contributed by atoms with Crippen LogP contribution in [-0.4, -0.2) is 42.7 Å². The van der Waals surface area contributed by atoms with E-state index in [1.54, 1.807) is 16.9 Å². The lowest BCUT2D eigenvalue weighted by Crippen LogP contribution is -2.27. The molecule has 2 aromatic heterocycles. The quantitative estimate of drug-likeness (QED) is 0.611. The number of hydrogen-bond acceptors (Lipinski definition) is 7. The molecule has 156 valence electrons. The highest BCUT2D eigenvalue weighted by molar-refractivity contribution is 7.89. The number of carbonyl (C=O) groups is 2. The molecule has 2 aromatic rings. The van der Waals surface area contributed by atoms with Crippen molar-refractivity contribution in [1.82, 2.24) is 14.5 Å². The van der Waals surface area contributed by atoms with Gasteiger partial charge in [-0.25, -0.2) is 22.6 Å². The number of rotatable bonds is 8. The first-order valence-electron chi connectivity index (χ1n) is 9.54. The highest BCUT2D eigenvalue weighted by atomic mass is 32.2. The Labute approximate surface area is 172 Å². The van der Waals surface area contributed by atoms with Crippen LogP contribution in [0.1, 0.15) is 54.2 Å². The van der Waals surface area contributed by atoms with Crippen LogP contribution in [0.5, 0.6) is 0 Å². The number of amides is 1. The largest absolute Gasteiger partial charge is 0.451 e. The molecule has 9 nitrogen and oxygen atoms in total. The average molecular weight is 439 g/mol. The van der Waals surface area contributed by atoms with Gasteiger partial charge >= 0.3 is 5.97 Å². The summed E-state index contributed by atoms with van der Waals surface area (Å²) in [7, 11) is -3.78. The zero-order chi connectivity index (χ0) is 20.4. The van der Waals surface area contributed by atoms with Crippen molar-refractivity contribution in [3.63, 3.8) is 0 Å². The normalized spacial score (nSPS) is 17.4. The van der Waals surface area contributed by atoms with Crippen LogP contribution in [0.25, 0.3) is 0 Å². The summed E-state index contributed by atoms with van der Waals surface area (Å²) in [5, 5.41) is 8.49. The van der Waals surface area contributed by atoms with Crippen LogP contribution in [0.4, 0.5) is 5.82 Å². The molecule has 2 fully saturated rings. The molecule has 0 aliphatic heterocycles. The predicted octanol–water partition coefficient (Wildman–Crippen LogP) is 2.30. The molecular weight excluding hydrogens is 416 g/mol. The van der Waals surface area contributed by atoms with Crippen molar-refractivity contribution in [2.45, 2.75) is 55.5 Å². The number of hydrogen-bond donors (Lipinski definition) is 2. The Kier molecular flexibility index (Phi) is 5.70. The maximum atomic E-state index is 12.4. The fourth-order valence-electron chi connectivity index (χ4n) is 3.37. The van der Waals surface area contributed by atoms with Gasteiger partial charge in [0.15, 0.2) is 6.61 Å². The fourth-order valence-corrected chi connectivity index (χ4v) is 5.99. The lowest BCUT2D eigenvalue weighted by molar-refractivity contribution is -0.119. The summed E-state index contributed by atoms with van der Waals surface area (Å²) in [5.74, 6) is -0.781. The minimum Gasteiger partial charge on any atom is -0.451 e. The minimum atomic E-state index is -3.78. The van der Waals surface area contributed by atoms with Gasteiger partial charge in [-0.15, -0.1) is 11.3 Å². The Balaban J connectivity index is 1.35. The molecule has 2 N–H and O–H groups in total. The van der Waals surface area contributed by atoms with Gasteiger partial charge < -0.3 is 10.1 Å². The van der Waals surface area contributed by atoms with Crippen LogP contribution in [0.3, 0.4) is 0 Å². The van der Waals surface area contributed by atoms with E-state index in [4.69, 9.17) is 4.74 Å². The van der Waals surface area contributed by atoms with Crippen molar-refractivity contribution in [2.24, 2.45) is 0 Å². The summed E-state index contributed by atoms with van der Waals surface area (Å²) in [6.07, 6.45) is 7.51. The lowest BCUT2D eigenvalue weighted by Gasteiger charge is -2.14. The number of carbonyl (C=O) groups excluding carboxylic acids is 2. The number of anilines is 1. The molecule has 2 aliphatic rings. The summed E-state index contributed by atoms with van der Waals surface area (Å²) >= 11 is 0.969. The molecule has 0 bridgehead atoms. The third-order valence-corrected chi connectivity index (χ3v) is 7.53. The first kappa shape index (κ1) is 20.0. The second-order valence-corrected chi connectivity index (χ2v) is 9.83. The molecule has 29 heavy (non-hydrogen) atoms. The van der Waals surface area contributed by atoms with Gasteiger partial charge in [0.05, 0.1) is 12.2 Å². The summed E-state index contributed by atoms with van der Waals surface area (Å²) in [4.78, 5) is 24.4. The molecule has 0 aromatic carbocycles. The third-order valence-electron chi connectivity index (χ3n) is 4.95. The van der Waals surface area contributed by atoms with Gasteiger partial charge in [-0.2, -0.15) is 5.10 Å². The van der Waals surface area contributed by atoms with Crippen molar-refractivity contribution in [3.05, 3.63) is 28.6 Å². The molecule has 2 saturated carbocycles. The second kappa shape index (κ2) is 8.25. The van der Waals surface area contributed by atoms with Gasteiger partial charge in [0.2, 0.25) is 10.0 Å². The van der Waals surface area contributed by atoms with Crippen LogP contribution >= 0.6 is 11.3 Å². The maximum Gasteiger partial charge on any atom is 0.350 e. The maximum absolute atomic E-state index is 12.4. The SMILES string of the molecule is O=C(COC(=O)c1sccc1S(=O)(=O)NC1CC1)Nc1ccnn1C1CCCC1. The monoisotopic (exact) mass is 438 g/mol. The van der Waals surface area contributed by atoms with E-state index in [0.29, 0.717) is 5.82 Å². The van der Waals surface area contributed by atoms with Gasteiger partial charge in [-0.3, -0.25) is 4.79 Å². The van der Waals surface area contributed by atoms with Crippen LogP contribution in [0.2, 0.25) is 0 Å². The first-order valence-corrected chi connectivity index (χ1v) is 11.9. The molecule has 11 heteroatoms. The van der Waals surface area contributed by atoms with E-state index in [1.165, 1.54) is 11.4 Å². The van der Waals surface area contributed by atoms with Crippen molar-refractivity contribution in [3.8, 4) is 0 Å².